The van der Waals surface area contributed by atoms with Crippen LogP contribution in [0.5, 0.6) is 0 Å². The normalized spacial score (nSPS) is 15.5. The van der Waals surface area contributed by atoms with Crippen molar-refractivity contribution >= 4 is 6.09 Å². The molecule has 0 aliphatic carbocycles. The van der Waals surface area contributed by atoms with Gasteiger partial charge in [0.15, 0.2) is 0 Å². The van der Waals surface area contributed by atoms with Crippen molar-refractivity contribution in [3.05, 3.63) is 24.1 Å². The van der Waals surface area contributed by atoms with Gasteiger partial charge in [-0.05, 0) is 32.9 Å². The largest absolute Gasteiger partial charge is 0.497 e. The minimum Gasteiger partial charge on any atom is -0.497 e. The molecule has 78 valence electrons. The summed E-state index contributed by atoms with van der Waals surface area (Å²) >= 11 is 0. The number of ether oxygens (including phenoxy) is 2. The SMILES string of the molecule is CC(C)(C)OC(=O)NC1=CCOC=C1. The zero-order valence-electron chi connectivity index (χ0n) is 8.66. The first kappa shape index (κ1) is 10.6. The summed E-state index contributed by atoms with van der Waals surface area (Å²) < 4.78 is 10.0. The highest BCUT2D eigenvalue weighted by Gasteiger charge is 2.16. The van der Waals surface area contributed by atoms with E-state index in [4.69, 9.17) is 9.47 Å². The van der Waals surface area contributed by atoms with Gasteiger partial charge in [-0.15, -0.1) is 0 Å². The first-order valence-electron chi connectivity index (χ1n) is 4.46. The second kappa shape index (κ2) is 4.17. The Morgan fingerprint density at radius 1 is 1.57 bits per heavy atom. The standard InChI is InChI=1S/C10H15NO3/c1-10(2,3)14-9(12)11-8-4-6-13-7-5-8/h4-6H,7H2,1-3H3,(H,11,12). The molecule has 1 rings (SSSR count). The number of hydrogen-bond acceptors (Lipinski definition) is 3. The smallest absolute Gasteiger partial charge is 0.412 e. The number of alkyl carbamates (subject to hydrolysis) is 1. The lowest BCUT2D eigenvalue weighted by Gasteiger charge is -2.20. The van der Waals surface area contributed by atoms with Gasteiger partial charge in [-0.25, -0.2) is 4.79 Å². The minimum absolute atomic E-state index is 0.449. The van der Waals surface area contributed by atoms with Gasteiger partial charge in [0, 0.05) is 5.70 Å². The molecule has 0 atom stereocenters. The fraction of sp³-hybridized carbons (Fsp3) is 0.500. The van der Waals surface area contributed by atoms with Gasteiger partial charge in [0.1, 0.15) is 12.2 Å². The molecule has 1 amide bonds. The number of rotatable bonds is 1. The fourth-order valence-corrected chi connectivity index (χ4v) is 0.897. The molecule has 0 fully saturated rings. The van der Waals surface area contributed by atoms with Crippen molar-refractivity contribution in [3.8, 4) is 0 Å². The summed E-state index contributed by atoms with van der Waals surface area (Å²) in [6, 6.07) is 0. The van der Waals surface area contributed by atoms with Gasteiger partial charge in [-0.2, -0.15) is 0 Å². The van der Waals surface area contributed by atoms with Gasteiger partial charge in [-0.3, -0.25) is 5.32 Å². The Morgan fingerprint density at radius 2 is 2.29 bits per heavy atom. The van der Waals surface area contributed by atoms with Gasteiger partial charge in [0.2, 0.25) is 0 Å². The van der Waals surface area contributed by atoms with E-state index in [1.807, 2.05) is 20.8 Å². The van der Waals surface area contributed by atoms with E-state index in [1.54, 1.807) is 12.2 Å². The Labute approximate surface area is 83.6 Å². The van der Waals surface area contributed by atoms with Gasteiger partial charge in [0.25, 0.3) is 0 Å². The summed E-state index contributed by atoms with van der Waals surface area (Å²) in [5.41, 5.74) is 0.227. The number of carbonyl (C=O) groups is 1. The van der Waals surface area contributed by atoms with Crippen LogP contribution in [0.4, 0.5) is 4.79 Å². The first-order chi connectivity index (χ1) is 6.47. The molecule has 1 aliphatic heterocycles. The lowest BCUT2D eigenvalue weighted by Crippen LogP contribution is -2.32. The van der Waals surface area contributed by atoms with E-state index < -0.39 is 11.7 Å². The zero-order chi connectivity index (χ0) is 10.6. The first-order valence-corrected chi connectivity index (χ1v) is 4.46. The Bertz CT molecular complexity index is 274. The summed E-state index contributed by atoms with van der Waals surface area (Å²) in [5, 5.41) is 2.61. The monoisotopic (exact) mass is 197 g/mol. The molecule has 0 aromatic carbocycles. The molecule has 0 unspecified atom stereocenters. The summed E-state index contributed by atoms with van der Waals surface area (Å²) in [6.45, 7) is 5.93. The summed E-state index contributed by atoms with van der Waals surface area (Å²) in [4.78, 5) is 11.3. The third-order valence-corrected chi connectivity index (χ3v) is 1.39. The van der Waals surface area contributed by atoms with Crippen LogP contribution in [0.3, 0.4) is 0 Å². The molecule has 1 heterocycles. The van der Waals surface area contributed by atoms with Crippen LogP contribution in [-0.4, -0.2) is 18.3 Å². The second-order valence-electron chi connectivity index (χ2n) is 3.92. The van der Waals surface area contributed by atoms with E-state index in [9.17, 15) is 4.79 Å². The number of hydrogen-bond donors (Lipinski definition) is 1. The average Bonchev–Trinajstić information content (AvgIpc) is 2.02. The molecule has 0 aromatic heterocycles. The van der Waals surface area contributed by atoms with Gasteiger partial charge < -0.3 is 9.47 Å². The Morgan fingerprint density at radius 3 is 2.79 bits per heavy atom. The van der Waals surface area contributed by atoms with Crippen LogP contribution in [0, 0.1) is 0 Å². The quantitative estimate of drug-likeness (QED) is 0.698. The van der Waals surface area contributed by atoms with Crippen molar-refractivity contribution in [2.75, 3.05) is 6.61 Å². The Hall–Kier alpha value is -1.45. The second-order valence-corrected chi connectivity index (χ2v) is 3.92. The molecule has 4 nitrogen and oxygen atoms in total. The van der Waals surface area contributed by atoms with Crippen LogP contribution < -0.4 is 5.32 Å². The topological polar surface area (TPSA) is 47.6 Å². The third-order valence-electron chi connectivity index (χ3n) is 1.39. The van der Waals surface area contributed by atoms with Gasteiger partial charge in [0.05, 0.1) is 6.26 Å². The highest BCUT2D eigenvalue weighted by atomic mass is 16.6. The molecule has 0 saturated heterocycles. The molecule has 0 radical (unpaired) electrons. The highest BCUT2D eigenvalue weighted by Crippen LogP contribution is 2.08. The van der Waals surface area contributed by atoms with E-state index in [1.165, 1.54) is 6.26 Å². The van der Waals surface area contributed by atoms with E-state index >= 15 is 0 Å². The molecule has 14 heavy (non-hydrogen) atoms. The lowest BCUT2D eigenvalue weighted by molar-refractivity contribution is 0.0547. The zero-order valence-corrected chi connectivity index (χ0v) is 8.66. The lowest BCUT2D eigenvalue weighted by atomic mass is 10.2. The molecular weight excluding hydrogens is 182 g/mol. The van der Waals surface area contributed by atoms with Crippen LogP contribution >= 0.6 is 0 Å². The van der Waals surface area contributed by atoms with Crippen LogP contribution in [0.1, 0.15) is 20.8 Å². The van der Waals surface area contributed by atoms with Crippen molar-refractivity contribution in [2.45, 2.75) is 26.4 Å². The molecule has 4 heteroatoms. The number of amides is 1. The molecule has 0 bridgehead atoms. The van der Waals surface area contributed by atoms with E-state index in [2.05, 4.69) is 5.32 Å². The molecule has 0 saturated carbocycles. The fourth-order valence-electron chi connectivity index (χ4n) is 0.897. The van der Waals surface area contributed by atoms with Crippen LogP contribution in [0.25, 0.3) is 0 Å². The summed E-state index contributed by atoms with van der Waals surface area (Å²) in [5.74, 6) is 0. The third kappa shape index (κ3) is 3.98. The summed E-state index contributed by atoms with van der Waals surface area (Å²) in [7, 11) is 0. The van der Waals surface area contributed by atoms with Crippen LogP contribution in [-0.2, 0) is 9.47 Å². The van der Waals surface area contributed by atoms with Crippen LogP contribution in [0.15, 0.2) is 24.1 Å². The van der Waals surface area contributed by atoms with Crippen molar-refractivity contribution in [1.29, 1.82) is 0 Å². The average molecular weight is 197 g/mol. The van der Waals surface area contributed by atoms with E-state index in [-0.39, 0.29) is 0 Å². The molecule has 0 spiro atoms. The van der Waals surface area contributed by atoms with E-state index in [0.29, 0.717) is 12.3 Å². The number of carbonyl (C=O) groups excluding carboxylic acids is 1. The van der Waals surface area contributed by atoms with Gasteiger partial charge in [-0.1, -0.05) is 0 Å². The molecular formula is C10H15NO3. The van der Waals surface area contributed by atoms with Crippen molar-refractivity contribution in [3.63, 3.8) is 0 Å². The van der Waals surface area contributed by atoms with Crippen LogP contribution in [0.2, 0.25) is 0 Å². The predicted molar refractivity (Wildman–Crippen MR) is 52.5 cm³/mol. The maximum atomic E-state index is 11.3. The Balaban J connectivity index is 2.41. The molecule has 0 aromatic rings. The van der Waals surface area contributed by atoms with Crippen molar-refractivity contribution in [1.82, 2.24) is 5.32 Å². The highest BCUT2D eigenvalue weighted by molar-refractivity contribution is 5.70. The predicted octanol–water partition coefficient (Wildman–Crippen LogP) is 1.94. The Kier molecular flexibility index (Phi) is 3.17. The maximum absolute atomic E-state index is 11.3. The molecule has 1 aliphatic rings. The summed E-state index contributed by atoms with van der Waals surface area (Å²) in [6.07, 6.45) is 4.53. The van der Waals surface area contributed by atoms with Crippen molar-refractivity contribution in [2.24, 2.45) is 0 Å². The maximum Gasteiger partial charge on any atom is 0.412 e. The number of nitrogens with one attached hydrogen (secondary N) is 1. The van der Waals surface area contributed by atoms with E-state index in [0.717, 1.165) is 0 Å². The molecule has 1 N–H and O–H groups in total. The van der Waals surface area contributed by atoms with Crippen molar-refractivity contribution < 1.29 is 14.3 Å². The number of allylic oxidation sites excluding steroid dienone is 1. The minimum atomic E-state index is -0.473. The van der Waals surface area contributed by atoms with Gasteiger partial charge >= 0.3 is 6.09 Å².